The molecule has 200 valence electrons. The lowest BCUT2D eigenvalue weighted by atomic mass is 10.2. The maximum absolute atomic E-state index is 6.47. The van der Waals surface area contributed by atoms with Gasteiger partial charge in [-0.15, -0.1) is 45.3 Å². The summed E-state index contributed by atoms with van der Waals surface area (Å²) in [5.41, 5.74) is 2.93. The van der Waals surface area contributed by atoms with Gasteiger partial charge in [-0.1, -0.05) is 24.3 Å². The molecule has 0 amide bonds. The van der Waals surface area contributed by atoms with Crippen molar-refractivity contribution in [2.75, 3.05) is 0 Å². The monoisotopic (exact) mass is 606 g/mol. The normalized spacial score (nSPS) is 12.0. The van der Waals surface area contributed by atoms with Crippen molar-refractivity contribution in [3.05, 3.63) is 126 Å². The van der Waals surface area contributed by atoms with Crippen LogP contribution in [-0.2, 0) is 0 Å². The molecule has 0 saturated carbocycles. The second-order valence-corrected chi connectivity index (χ2v) is 12.4. The molecular formula is C32H22N4OS4. The maximum atomic E-state index is 6.47. The van der Waals surface area contributed by atoms with Crippen LogP contribution >= 0.6 is 45.3 Å². The summed E-state index contributed by atoms with van der Waals surface area (Å²) >= 11 is 6.55. The number of hydrogen-bond acceptors (Lipinski definition) is 9. The Morgan fingerprint density at radius 1 is 0.439 bits per heavy atom. The molecule has 0 fully saturated rings. The van der Waals surface area contributed by atoms with Gasteiger partial charge in [0.2, 0.25) is 0 Å². The van der Waals surface area contributed by atoms with Gasteiger partial charge in [-0.2, -0.15) is 0 Å². The molecule has 0 aliphatic rings. The number of rotatable bonds is 10. The minimum Gasteiger partial charge on any atom is -0.453 e. The zero-order chi connectivity index (χ0) is 27.7. The summed E-state index contributed by atoms with van der Waals surface area (Å²) < 4.78 is 6.47. The van der Waals surface area contributed by atoms with Crippen LogP contribution in [0.15, 0.2) is 126 Å². The van der Waals surface area contributed by atoms with E-state index < -0.39 is 0 Å². The molecule has 0 atom stereocenters. The summed E-state index contributed by atoms with van der Waals surface area (Å²) in [6.07, 6.45) is 7.41. The largest absolute Gasteiger partial charge is 0.453 e. The van der Waals surface area contributed by atoms with Crippen molar-refractivity contribution in [1.82, 2.24) is 0 Å². The van der Waals surface area contributed by atoms with E-state index in [1.54, 1.807) is 45.3 Å². The van der Waals surface area contributed by atoms with Crippen molar-refractivity contribution < 1.29 is 4.74 Å². The molecule has 4 heterocycles. The Hall–Kier alpha value is -4.28. The van der Waals surface area contributed by atoms with E-state index in [1.807, 2.05) is 131 Å². The molecule has 0 aliphatic carbocycles. The van der Waals surface area contributed by atoms with Gasteiger partial charge in [0.25, 0.3) is 0 Å². The first-order valence-electron chi connectivity index (χ1n) is 12.5. The fourth-order valence-corrected chi connectivity index (χ4v) is 6.01. The van der Waals surface area contributed by atoms with Gasteiger partial charge in [0.1, 0.15) is 11.4 Å². The van der Waals surface area contributed by atoms with E-state index in [0.29, 0.717) is 22.9 Å². The van der Waals surface area contributed by atoms with E-state index in [4.69, 9.17) is 14.7 Å². The van der Waals surface area contributed by atoms with Crippen LogP contribution in [-0.4, -0.2) is 24.9 Å². The van der Waals surface area contributed by atoms with Crippen LogP contribution in [0.3, 0.4) is 0 Å². The second kappa shape index (κ2) is 13.4. The number of aliphatic imine (C=N–C) groups is 4. The summed E-state index contributed by atoms with van der Waals surface area (Å²) in [6, 6.07) is 27.7. The molecule has 2 aromatic carbocycles. The molecule has 0 unspecified atom stereocenters. The third-order valence-corrected chi connectivity index (χ3v) is 8.85. The van der Waals surface area contributed by atoms with E-state index in [9.17, 15) is 0 Å². The first-order valence-corrected chi connectivity index (χ1v) is 16.1. The molecule has 6 aromatic rings. The zero-order valence-electron chi connectivity index (χ0n) is 21.5. The molecule has 41 heavy (non-hydrogen) atoms. The topological polar surface area (TPSA) is 58.7 Å². The molecule has 6 rings (SSSR count). The summed E-state index contributed by atoms with van der Waals surface area (Å²) in [7, 11) is 0. The molecule has 0 bridgehead atoms. The van der Waals surface area contributed by atoms with Crippen molar-refractivity contribution in [3.63, 3.8) is 0 Å². The van der Waals surface area contributed by atoms with Crippen molar-refractivity contribution in [2.24, 2.45) is 20.0 Å². The first kappa shape index (κ1) is 26.9. The SMILES string of the molecule is C(=Nc1ccc(Oc2ccc(N=Cc3cccs3)cc2N=Cc2cccs2)c(N=Cc2cccs2)c1)c1cccs1. The standard InChI is InChI=1S/C32H22N4OS4/c1-5-25(38-13-1)19-33-23-9-11-31(29(17-23)35-21-27-7-3-15-40-27)37-32-12-10-24(34-20-26-6-2-14-39-26)18-30(32)36-22-28-8-4-16-41-28/h1-22H. The van der Waals surface area contributed by atoms with Gasteiger partial charge in [-0.25, -0.2) is 0 Å². The van der Waals surface area contributed by atoms with Gasteiger partial charge < -0.3 is 4.74 Å². The highest BCUT2D eigenvalue weighted by Crippen LogP contribution is 2.40. The summed E-state index contributed by atoms with van der Waals surface area (Å²) in [5.74, 6) is 1.21. The number of nitrogens with zero attached hydrogens (tertiary/aromatic N) is 4. The molecular weight excluding hydrogens is 585 g/mol. The predicted octanol–water partition coefficient (Wildman–Crippen LogP) is 10.7. The highest BCUT2D eigenvalue weighted by molar-refractivity contribution is 7.12. The Kier molecular flexibility index (Phi) is 8.79. The molecule has 0 spiro atoms. The van der Waals surface area contributed by atoms with E-state index in [-0.39, 0.29) is 0 Å². The van der Waals surface area contributed by atoms with Crippen LogP contribution in [0.2, 0.25) is 0 Å². The maximum Gasteiger partial charge on any atom is 0.153 e. The average Bonchev–Trinajstić information content (AvgIpc) is 3.83. The van der Waals surface area contributed by atoms with Crippen LogP contribution in [0, 0.1) is 0 Å². The van der Waals surface area contributed by atoms with Gasteiger partial charge in [0, 0.05) is 44.4 Å². The van der Waals surface area contributed by atoms with Crippen LogP contribution in [0.4, 0.5) is 22.7 Å². The van der Waals surface area contributed by atoms with Gasteiger partial charge >= 0.3 is 0 Å². The first-order chi connectivity index (χ1) is 20.3. The Morgan fingerprint density at radius 3 is 1.15 bits per heavy atom. The molecule has 0 saturated heterocycles. The molecule has 5 nitrogen and oxygen atoms in total. The Labute approximate surface area is 253 Å². The van der Waals surface area contributed by atoms with Crippen LogP contribution in [0.5, 0.6) is 11.5 Å². The smallest absolute Gasteiger partial charge is 0.153 e. The van der Waals surface area contributed by atoms with Crippen molar-refractivity contribution in [3.8, 4) is 11.5 Å². The molecule has 4 aromatic heterocycles. The van der Waals surface area contributed by atoms with Crippen LogP contribution < -0.4 is 4.74 Å². The average molecular weight is 607 g/mol. The highest BCUT2D eigenvalue weighted by Gasteiger charge is 2.11. The molecule has 0 N–H and O–H groups in total. The van der Waals surface area contributed by atoms with E-state index >= 15 is 0 Å². The quantitative estimate of drug-likeness (QED) is 0.143. The van der Waals surface area contributed by atoms with Crippen LogP contribution in [0.1, 0.15) is 19.5 Å². The van der Waals surface area contributed by atoms with Crippen molar-refractivity contribution in [2.45, 2.75) is 0 Å². The fraction of sp³-hybridized carbons (Fsp3) is 0. The lowest BCUT2D eigenvalue weighted by Crippen LogP contribution is -1.87. The Morgan fingerprint density at radius 2 is 0.805 bits per heavy atom. The molecule has 0 radical (unpaired) electrons. The predicted molar refractivity (Wildman–Crippen MR) is 179 cm³/mol. The summed E-state index contributed by atoms with van der Waals surface area (Å²) in [6.45, 7) is 0. The van der Waals surface area contributed by atoms with Crippen molar-refractivity contribution in [1.29, 1.82) is 0 Å². The third kappa shape index (κ3) is 7.47. The lowest BCUT2D eigenvalue weighted by Gasteiger charge is -2.12. The Balaban J connectivity index is 1.34. The van der Waals surface area contributed by atoms with Gasteiger partial charge in [-0.3, -0.25) is 20.0 Å². The van der Waals surface area contributed by atoms with Gasteiger partial charge in [0.15, 0.2) is 11.5 Å². The second-order valence-electron chi connectivity index (χ2n) is 8.50. The lowest BCUT2D eigenvalue weighted by molar-refractivity contribution is 0.485. The summed E-state index contributed by atoms with van der Waals surface area (Å²) in [5, 5.41) is 8.13. The van der Waals surface area contributed by atoms with E-state index in [1.165, 1.54) is 0 Å². The minimum atomic E-state index is 0.607. The van der Waals surface area contributed by atoms with E-state index in [2.05, 4.69) is 9.98 Å². The molecule has 0 aliphatic heterocycles. The number of ether oxygens (including phenoxy) is 1. The summed E-state index contributed by atoms with van der Waals surface area (Å²) in [4.78, 5) is 23.1. The minimum absolute atomic E-state index is 0.607. The highest BCUT2D eigenvalue weighted by atomic mass is 32.1. The van der Waals surface area contributed by atoms with E-state index in [0.717, 1.165) is 30.9 Å². The zero-order valence-corrected chi connectivity index (χ0v) is 24.8. The fourth-order valence-electron chi connectivity index (χ4n) is 3.67. The van der Waals surface area contributed by atoms with Gasteiger partial charge in [0.05, 0.1) is 11.4 Å². The molecule has 9 heteroatoms. The van der Waals surface area contributed by atoms with Gasteiger partial charge in [-0.05, 0) is 82.2 Å². The number of hydrogen-bond donors (Lipinski definition) is 0. The number of thiophene rings is 4. The number of benzene rings is 2. The van der Waals surface area contributed by atoms with Crippen molar-refractivity contribution >= 4 is 93.0 Å². The third-order valence-electron chi connectivity index (χ3n) is 5.62. The Bertz CT molecular complexity index is 1670. The van der Waals surface area contributed by atoms with Crippen LogP contribution in [0.25, 0.3) is 0 Å².